The summed E-state index contributed by atoms with van der Waals surface area (Å²) in [4.78, 5) is 76.1. The van der Waals surface area contributed by atoms with E-state index < -0.39 is 64.9 Å². The molecule has 0 spiro atoms. The van der Waals surface area contributed by atoms with Crippen LogP contribution in [0.4, 0.5) is 15.3 Å². The fourth-order valence-electron chi connectivity index (χ4n) is 4.02. The van der Waals surface area contributed by atoms with Gasteiger partial charge in [0.05, 0.1) is 10.7 Å². The predicted octanol–water partition coefficient (Wildman–Crippen LogP) is 1.96. The molecule has 1 aliphatic rings. The average molecular weight is 563 g/mol. The molecule has 2 aromatic carbocycles. The molecule has 1 heterocycles. The molecule has 14 nitrogen and oxygen atoms in total. The van der Waals surface area contributed by atoms with Crippen LogP contribution in [0.3, 0.4) is 0 Å². The van der Waals surface area contributed by atoms with Gasteiger partial charge in [-0.05, 0) is 29.8 Å². The molecule has 1 fully saturated rings. The van der Waals surface area contributed by atoms with Crippen molar-refractivity contribution in [3.63, 3.8) is 0 Å². The SMILES string of the molecule is CC(=O)Oc1cc(C2(NC(=O)O)C(=O)N(C)C(=O)N(c3ccccc3Cl)C2N)cc(OC(C)=O)c1OC(C)=O. The monoisotopic (exact) mass is 562 g/mol. The van der Waals surface area contributed by atoms with Gasteiger partial charge in [-0.3, -0.25) is 29.0 Å². The minimum Gasteiger partial charge on any atom is -0.465 e. The minimum absolute atomic E-state index is 0.0459. The number of carboxylic acid groups (broad SMARTS) is 1. The second kappa shape index (κ2) is 11.0. The van der Waals surface area contributed by atoms with Crippen LogP contribution in [0, 0.1) is 0 Å². The van der Waals surface area contributed by atoms with E-state index >= 15 is 0 Å². The molecule has 1 saturated heterocycles. The van der Waals surface area contributed by atoms with Gasteiger partial charge in [-0.2, -0.15) is 0 Å². The van der Waals surface area contributed by atoms with Crippen molar-refractivity contribution in [1.29, 1.82) is 0 Å². The molecule has 0 aromatic heterocycles. The maximum atomic E-state index is 13.7. The van der Waals surface area contributed by atoms with Crippen molar-refractivity contribution in [1.82, 2.24) is 10.2 Å². The van der Waals surface area contributed by atoms with E-state index in [1.165, 1.54) is 18.2 Å². The van der Waals surface area contributed by atoms with Gasteiger partial charge in [0.25, 0.3) is 5.91 Å². The van der Waals surface area contributed by atoms with Crippen molar-refractivity contribution in [2.45, 2.75) is 32.5 Å². The first-order valence-corrected chi connectivity index (χ1v) is 11.4. The standard InChI is InChI=1S/C24H23ClN4O10/c1-11(30)37-17-9-14(10-18(38-12(2)31)19(17)39-13(3)32)24(27-22(34)35)20(26)29(23(36)28(4)21(24)33)16-8-6-5-7-15(16)25/h5-10,20,27H,26H2,1-4H3,(H,34,35). The predicted molar refractivity (Wildman–Crippen MR) is 133 cm³/mol. The molecule has 2 atom stereocenters. The quantitative estimate of drug-likeness (QED) is 0.344. The lowest BCUT2D eigenvalue weighted by Gasteiger charge is -2.49. The first kappa shape index (κ1) is 28.9. The number of amides is 4. The first-order chi connectivity index (χ1) is 18.2. The van der Waals surface area contributed by atoms with Gasteiger partial charge in [0.15, 0.2) is 17.0 Å². The van der Waals surface area contributed by atoms with E-state index in [0.29, 0.717) is 4.90 Å². The number of carbonyl (C=O) groups excluding carboxylic acids is 5. The van der Waals surface area contributed by atoms with Crippen LogP contribution in [-0.4, -0.2) is 59.2 Å². The summed E-state index contributed by atoms with van der Waals surface area (Å²) in [6, 6.07) is 7.05. The molecule has 0 radical (unpaired) electrons. The highest BCUT2D eigenvalue weighted by Gasteiger charge is 2.58. The van der Waals surface area contributed by atoms with Crippen molar-refractivity contribution < 1.29 is 48.1 Å². The Labute approximate surface area is 226 Å². The Hall–Kier alpha value is -4.69. The molecule has 2 aromatic rings. The number of nitrogens with two attached hydrogens (primary N) is 1. The van der Waals surface area contributed by atoms with Gasteiger partial charge in [0.1, 0.15) is 6.17 Å². The number of carbonyl (C=O) groups is 6. The van der Waals surface area contributed by atoms with E-state index in [0.717, 1.165) is 44.9 Å². The number of imide groups is 1. The van der Waals surface area contributed by atoms with E-state index in [4.69, 9.17) is 31.5 Å². The number of ether oxygens (including phenoxy) is 3. The molecular weight excluding hydrogens is 540 g/mol. The number of likely N-dealkylation sites (N-methyl/N-ethyl adjacent to an activating group) is 1. The van der Waals surface area contributed by atoms with Crippen LogP contribution in [0.2, 0.25) is 5.02 Å². The molecule has 0 aliphatic carbocycles. The molecule has 206 valence electrons. The molecule has 15 heteroatoms. The normalized spacial score (nSPS) is 18.9. The van der Waals surface area contributed by atoms with E-state index in [9.17, 15) is 33.9 Å². The van der Waals surface area contributed by atoms with Gasteiger partial charge in [-0.15, -0.1) is 0 Å². The zero-order valence-corrected chi connectivity index (χ0v) is 21.8. The van der Waals surface area contributed by atoms with E-state index in [2.05, 4.69) is 5.32 Å². The number of para-hydroxylation sites is 1. The third-order valence-electron chi connectivity index (χ3n) is 5.50. The Bertz CT molecular complexity index is 1360. The number of urea groups is 1. The number of anilines is 1. The van der Waals surface area contributed by atoms with Crippen molar-refractivity contribution in [3.8, 4) is 17.2 Å². The first-order valence-electron chi connectivity index (χ1n) is 11.1. The molecule has 4 N–H and O–H groups in total. The minimum atomic E-state index is -2.49. The molecule has 0 bridgehead atoms. The smallest absolute Gasteiger partial charge is 0.405 e. The van der Waals surface area contributed by atoms with Gasteiger partial charge < -0.3 is 30.4 Å². The van der Waals surface area contributed by atoms with Gasteiger partial charge >= 0.3 is 30.0 Å². The van der Waals surface area contributed by atoms with Crippen LogP contribution in [0.5, 0.6) is 17.2 Å². The molecule has 4 amide bonds. The van der Waals surface area contributed by atoms with Crippen LogP contribution < -0.4 is 30.2 Å². The van der Waals surface area contributed by atoms with E-state index in [1.807, 2.05) is 0 Å². The maximum absolute atomic E-state index is 13.7. The Morgan fingerprint density at radius 1 is 0.974 bits per heavy atom. The number of rotatable bonds is 6. The summed E-state index contributed by atoms with van der Waals surface area (Å²) in [5.74, 6) is -5.36. The summed E-state index contributed by atoms with van der Waals surface area (Å²) in [5, 5.41) is 11.9. The average Bonchev–Trinajstić information content (AvgIpc) is 2.82. The number of benzene rings is 2. The van der Waals surface area contributed by atoms with Crippen molar-refractivity contribution in [2.75, 3.05) is 11.9 Å². The summed E-state index contributed by atoms with van der Waals surface area (Å²) in [5.41, 5.74) is 3.70. The molecule has 2 unspecified atom stereocenters. The highest BCUT2D eigenvalue weighted by Crippen LogP contribution is 2.45. The lowest BCUT2D eigenvalue weighted by Crippen LogP contribution is -2.76. The number of esters is 3. The summed E-state index contributed by atoms with van der Waals surface area (Å²) in [6.07, 6.45) is -3.52. The summed E-state index contributed by atoms with van der Waals surface area (Å²) in [7, 11) is 1.09. The Morgan fingerprint density at radius 3 is 1.95 bits per heavy atom. The number of hydrogen-bond acceptors (Lipinski definition) is 10. The highest BCUT2D eigenvalue weighted by molar-refractivity contribution is 6.34. The molecule has 3 rings (SSSR count). The van der Waals surface area contributed by atoms with Gasteiger partial charge in [-0.25, -0.2) is 9.59 Å². The number of nitrogens with zero attached hydrogens (tertiary/aromatic N) is 2. The van der Waals surface area contributed by atoms with Crippen LogP contribution in [-0.2, 0) is 24.7 Å². The Kier molecular flexibility index (Phi) is 8.12. The van der Waals surface area contributed by atoms with Crippen molar-refractivity contribution in [2.24, 2.45) is 5.73 Å². The fraction of sp³-hybridized carbons (Fsp3) is 0.250. The van der Waals surface area contributed by atoms with Crippen molar-refractivity contribution >= 4 is 53.2 Å². The van der Waals surface area contributed by atoms with Gasteiger partial charge in [0.2, 0.25) is 5.75 Å². The molecular formula is C24H23ClN4O10. The highest BCUT2D eigenvalue weighted by atomic mass is 35.5. The number of nitrogens with one attached hydrogen (secondary N) is 1. The Morgan fingerprint density at radius 2 is 1.49 bits per heavy atom. The van der Waals surface area contributed by atoms with Gasteiger partial charge in [0, 0.05) is 27.8 Å². The van der Waals surface area contributed by atoms with E-state index in [-0.39, 0.29) is 16.3 Å². The van der Waals surface area contributed by atoms with E-state index in [1.54, 1.807) is 6.07 Å². The Balaban J connectivity index is 2.42. The molecule has 1 aliphatic heterocycles. The molecule has 39 heavy (non-hydrogen) atoms. The summed E-state index contributed by atoms with van der Waals surface area (Å²) >= 11 is 6.30. The van der Waals surface area contributed by atoms with Gasteiger partial charge in [-0.1, -0.05) is 23.7 Å². The number of halogens is 1. The largest absolute Gasteiger partial charge is 0.465 e. The summed E-state index contributed by atoms with van der Waals surface area (Å²) < 4.78 is 15.4. The molecule has 0 saturated carbocycles. The van der Waals surface area contributed by atoms with Crippen molar-refractivity contribution in [3.05, 3.63) is 47.0 Å². The van der Waals surface area contributed by atoms with Crippen LogP contribution >= 0.6 is 11.6 Å². The second-order valence-electron chi connectivity index (χ2n) is 8.23. The second-order valence-corrected chi connectivity index (χ2v) is 8.64. The number of hydrogen-bond donors (Lipinski definition) is 3. The third-order valence-corrected chi connectivity index (χ3v) is 5.82. The lowest BCUT2D eigenvalue weighted by molar-refractivity contribution is -0.137. The van der Waals surface area contributed by atoms with Crippen LogP contribution in [0.15, 0.2) is 36.4 Å². The topological polar surface area (TPSA) is 195 Å². The zero-order chi connectivity index (χ0) is 29.2. The van der Waals surface area contributed by atoms with Crippen LogP contribution in [0.25, 0.3) is 0 Å². The maximum Gasteiger partial charge on any atom is 0.405 e. The fourth-order valence-corrected chi connectivity index (χ4v) is 4.25. The van der Waals surface area contributed by atoms with Crippen LogP contribution in [0.1, 0.15) is 26.3 Å². The summed E-state index contributed by atoms with van der Waals surface area (Å²) in [6.45, 7) is 3.06. The third kappa shape index (κ3) is 5.46. The zero-order valence-electron chi connectivity index (χ0n) is 21.0. The lowest BCUT2D eigenvalue weighted by atomic mass is 9.82.